The predicted octanol–water partition coefficient (Wildman–Crippen LogP) is 6.82. The smallest absolute Gasteiger partial charge is 0.201 e. The molecule has 1 aliphatic rings. The molecular weight excluding hydrogens is 370 g/mol. The summed E-state index contributed by atoms with van der Waals surface area (Å²) in [6.07, 6.45) is 10.3. The highest BCUT2D eigenvalue weighted by atomic mass is 19.2. The number of allylic oxidation sites excluding steroid dienone is 2. The molecular formula is C25H28F2O2. The Labute approximate surface area is 171 Å². The average molecular weight is 398 g/mol. The first kappa shape index (κ1) is 21.3. The van der Waals surface area contributed by atoms with Crippen LogP contribution in [-0.2, 0) is 4.74 Å². The third-order valence-corrected chi connectivity index (χ3v) is 5.36. The van der Waals surface area contributed by atoms with E-state index in [2.05, 4.69) is 18.7 Å². The van der Waals surface area contributed by atoms with Crippen molar-refractivity contribution in [1.82, 2.24) is 0 Å². The lowest BCUT2D eigenvalue weighted by atomic mass is 9.89. The SMILES string of the molecule is C=CCOc1ccc(-c2ccc(C3CCC(CCC=CC)OC3)cc2)c(F)c1F. The Morgan fingerprint density at radius 2 is 1.90 bits per heavy atom. The highest BCUT2D eigenvalue weighted by molar-refractivity contribution is 5.65. The van der Waals surface area contributed by atoms with E-state index in [1.165, 1.54) is 17.7 Å². The molecule has 0 bridgehead atoms. The number of hydrogen-bond acceptors (Lipinski definition) is 2. The van der Waals surface area contributed by atoms with E-state index in [4.69, 9.17) is 9.47 Å². The van der Waals surface area contributed by atoms with E-state index in [9.17, 15) is 8.78 Å². The topological polar surface area (TPSA) is 18.5 Å². The highest BCUT2D eigenvalue weighted by Gasteiger charge is 2.23. The molecule has 2 nitrogen and oxygen atoms in total. The van der Waals surface area contributed by atoms with Gasteiger partial charge in [-0.2, -0.15) is 4.39 Å². The Balaban J connectivity index is 1.65. The molecule has 1 aliphatic heterocycles. The van der Waals surface area contributed by atoms with Crippen molar-refractivity contribution in [3.63, 3.8) is 0 Å². The normalized spacial score (nSPS) is 19.4. The Bertz CT molecular complexity index is 835. The van der Waals surface area contributed by atoms with Crippen LogP contribution in [0.2, 0.25) is 0 Å². The van der Waals surface area contributed by atoms with Gasteiger partial charge in [0, 0.05) is 11.5 Å². The average Bonchev–Trinajstić information content (AvgIpc) is 2.76. The second-order valence-electron chi connectivity index (χ2n) is 7.34. The fourth-order valence-corrected chi connectivity index (χ4v) is 3.70. The van der Waals surface area contributed by atoms with Crippen LogP contribution in [0.15, 0.2) is 61.2 Å². The van der Waals surface area contributed by atoms with E-state index in [0.717, 1.165) is 25.7 Å². The maximum atomic E-state index is 14.5. The summed E-state index contributed by atoms with van der Waals surface area (Å²) >= 11 is 0. The van der Waals surface area contributed by atoms with Crippen molar-refractivity contribution in [2.24, 2.45) is 0 Å². The van der Waals surface area contributed by atoms with Crippen molar-refractivity contribution in [1.29, 1.82) is 0 Å². The van der Waals surface area contributed by atoms with E-state index in [1.54, 1.807) is 6.07 Å². The van der Waals surface area contributed by atoms with E-state index in [1.807, 2.05) is 31.2 Å². The molecule has 3 rings (SSSR count). The van der Waals surface area contributed by atoms with Gasteiger partial charge < -0.3 is 9.47 Å². The molecule has 29 heavy (non-hydrogen) atoms. The zero-order valence-corrected chi connectivity index (χ0v) is 16.9. The predicted molar refractivity (Wildman–Crippen MR) is 113 cm³/mol. The molecule has 0 N–H and O–H groups in total. The summed E-state index contributed by atoms with van der Waals surface area (Å²) in [5, 5.41) is 0. The van der Waals surface area contributed by atoms with Crippen molar-refractivity contribution >= 4 is 0 Å². The van der Waals surface area contributed by atoms with Gasteiger partial charge >= 0.3 is 0 Å². The van der Waals surface area contributed by atoms with Crippen LogP contribution in [0.3, 0.4) is 0 Å². The quantitative estimate of drug-likeness (QED) is 0.455. The van der Waals surface area contributed by atoms with Gasteiger partial charge in [0.25, 0.3) is 0 Å². The zero-order valence-electron chi connectivity index (χ0n) is 16.9. The van der Waals surface area contributed by atoms with Gasteiger partial charge in [-0.15, -0.1) is 0 Å². The van der Waals surface area contributed by atoms with Gasteiger partial charge in [0.2, 0.25) is 5.82 Å². The first-order valence-corrected chi connectivity index (χ1v) is 10.2. The van der Waals surface area contributed by atoms with Crippen LogP contribution in [0.4, 0.5) is 8.78 Å². The third-order valence-electron chi connectivity index (χ3n) is 5.36. The van der Waals surface area contributed by atoms with Gasteiger partial charge in [-0.3, -0.25) is 0 Å². The summed E-state index contributed by atoms with van der Waals surface area (Å²) in [4.78, 5) is 0. The van der Waals surface area contributed by atoms with Gasteiger partial charge in [0.15, 0.2) is 11.6 Å². The minimum atomic E-state index is -0.974. The summed E-state index contributed by atoms with van der Waals surface area (Å²) in [5.74, 6) is -1.63. The van der Waals surface area contributed by atoms with E-state index in [0.29, 0.717) is 24.2 Å². The largest absolute Gasteiger partial charge is 0.486 e. The molecule has 0 saturated carbocycles. The second-order valence-corrected chi connectivity index (χ2v) is 7.34. The molecule has 2 atom stereocenters. The van der Waals surface area contributed by atoms with E-state index < -0.39 is 11.6 Å². The summed E-state index contributed by atoms with van der Waals surface area (Å²) in [5.41, 5.74) is 2.04. The van der Waals surface area contributed by atoms with Gasteiger partial charge in [-0.05, 0) is 55.9 Å². The fourth-order valence-electron chi connectivity index (χ4n) is 3.70. The minimum Gasteiger partial charge on any atom is -0.486 e. The molecule has 0 radical (unpaired) electrons. The van der Waals surface area contributed by atoms with Gasteiger partial charge in [-0.1, -0.05) is 49.1 Å². The summed E-state index contributed by atoms with van der Waals surface area (Å²) in [7, 11) is 0. The van der Waals surface area contributed by atoms with Crippen LogP contribution >= 0.6 is 0 Å². The first-order chi connectivity index (χ1) is 14.1. The Hall–Kier alpha value is -2.46. The Morgan fingerprint density at radius 3 is 2.55 bits per heavy atom. The van der Waals surface area contributed by atoms with Crippen LogP contribution in [0.25, 0.3) is 11.1 Å². The first-order valence-electron chi connectivity index (χ1n) is 10.2. The molecule has 1 saturated heterocycles. The molecule has 4 heteroatoms. The molecule has 1 fully saturated rings. The Morgan fingerprint density at radius 1 is 1.10 bits per heavy atom. The third kappa shape index (κ3) is 5.33. The molecule has 2 unspecified atom stereocenters. The minimum absolute atomic E-state index is 0.105. The van der Waals surface area contributed by atoms with Crippen LogP contribution in [-0.4, -0.2) is 19.3 Å². The second kappa shape index (κ2) is 10.4. The van der Waals surface area contributed by atoms with Crippen molar-refractivity contribution < 1.29 is 18.3 Å². The van der Waals surface area contributed by atoms with Crippen molar-refractivity contribution in [2.75, 3.05) is 13.2 Å². The number of halogens is 2. The van der Waals surface area contributed by atoms with Gasteiger partial charge in [-0.25, -0.2) is 4.39 Å². The van der Waals surface area contributed by atoms with Crippen molar-refractivity contribution in [3.8, 4) is 16.9 Å². The number of ether oxygens (including phenoxy) is 2. The lowest BCUT2D eigenvalue weighted by molar-refractivity contribution is -0.000184. The molecule has 1 heterocycles. The van der Waals surface area contributed by atoms with Crippen LogP contribution in [0.1, 0.15) is 44.1 Å². The van der Waals surface area contributed by atoms with Crippen molar-refractivity contribution in [3.05, 3.63) is 78.4 Å². The van der Waals surface area contributed by atoms with Crippen molar-refractivity contribution in [2.45, 2.75) is 44.6 Å². The fraction of sp³-hybridized carbons (Fsp3) is 0.360. The Kier molecular flexibility index (Phi) is 7.59. The molecule has 0 amide bonds. The summed E-state index contributed by atoms with van der Waals surface area (Å²) in [6.45, 7) is 6.38. The van der Waals surface area contributed by atoms with Crippen LogP contribution < -0.4 is 4.74 Å². The summed E-state index contributed by atoms with van der Waals surface area (Å²) in [6, 6.07) is 10.7. The lowest BCUT2D eigenvalue weighted by Gasteiger charge is -2.29. The maximum absolute atomic E-state index is 14.5. The van der Waals surface area contributed by atoms with Gasteiger partial charge in [0.05, 0.1) is 12.7 Å². The lowest BCUT2D eigenvalue weighted by Crippen LogP contribution is -2.24. The van der Waals surface area contributed by atoms with Gasteiger partial charge in [0.1, 0.15) is 6.61 Å². The standard InChI is InChI=1S/C25H28F2O2/c1-3-5-6-7-21-13-12-20(17-29-21)18-8-10-19(11-9-18)22-14-15-23(28-16-4-2)25(27)24(22)26/h3-5,8-11,14-15,20-21H,2,6-7,12-13,16-17H2,1H3. The molecule has 2 aromatic carbocycles. The number of hydrogen-bond donors (Lipinski definition) is 0. The summed E-state index contributed by atoms with van der Waals surface area (Å²) < 4.78 is 39.9. The maximum Gasteiger partial charge on any atom is 0.201 e. The molecule has 154 valence electrons. The van der Waals surface area contributed by atoms with Crippen LogP contribution in [0, 0.1) is 11.6 Å². The van der Waals surface area contributed by atoms with E-state index >= 15 is 0 Å². The van der Waals surface area contributed by atoms with Crippen LogP contribution in [0.5, 0.6) is 5.75 Å². The monoisotopic (exact) mass is 398 g/mol. The number of benzene rings is 2. The molecule has 2 aromatic rings. The molecule has 0 aromatic heterocycles. The zero-order chi connectivity index (χ0) is 20.6. The molecule has 0 aliphatic carbocycles. The molecule has 0 spiro atoms. The van der Waals surface area contributed by atoms with E-state index in [-0.39, 0.29) is 17.9 Å². The highest BCUT2D eigenvalue weighted by Crippen LogP contribution is 2.33. The number of rotatable bonds is 8.